The molecule has 1 aromatic carbocycles. The Hall–Kier alpha value is -1.22. The van der Waals surface area contributed by atoms with E-state index in [1.54, 1.807) is 7.11 Å². The van der Waals surface area contributed by atoms with Crippen LogP contribution in [0.15, 0.2) is 18.2 Å². The maximum atomic E-state index is 5.55. The van der Waals surface area contributed by atoms with Crippen molar-refractivity contribution in [2.75, 3.05) is 20.8 Å². The fourth-order valence-corrected chi connectivity index (χ4v) is 1.36. The van der Waals surface area contributed by atoms with Crippen molar-refractivity contribution in [3.8, 4) is 11.5 Å². The van der Waals surface area contributed by atoms with Crippen molar-refractivity contribution < 1.29 is 9.47 Å². The molecule has 0 atom stereocenters. The molecule has 0 aliphatic carbocycles. The van der Waals surface area contributed by atoms with Crippen LogP contribution in [0.2, 0.25) is 0 Å². The highest BCUT2D eigenvalue weighted by Gasteiger charge is 2.08. The van der Waals surface area contributed by atoms with Gasteiger partial charge in [0.25, 0.3) is 0 Å². The van der Waals surface area contributed by atoms with E-state index in [1.165, 1.54) is 0 Å². The van der Waals surface area contributed by atoms with Crippen LogP contribution in [-0.4, -0.2) is 20.8 Å². The Morgan fingerprint density at radius 3 is 2.71 bits per heavy atom. The number of methoxy groups -OCH3 is 1. The Labute approximate surface area is 85.0 Å². The van der Waals surface area contributed by atoms with Crippen LogP contribution >= 0.6 is 0 Å². The van der Waals surface area contributed by atoms with Crippen molar-refractivity contribution in [3.63, 3.8) is 0 Å². The van der Waals surface area contributed by atoms with Gasteiger partial charge < -0.3 is 14.8 Å². The molecule has 0 heterocycles. The number of nitrogens with one attached hydrogen (secondary N) is 1. The Bertz CT molecular complexity index is 287. The SMILES string of the molecule is CCOc1c(CNC)cccc1OC. The van der Waals surface area contributed by atoms with Gasteiger partial charge in [0.1, 0.15) is 0 Å². The number of ether oxygens (including phenoxy) is 2. The van der Waals surface area contributed by atoms with E-state index >= 15 is 0 Å². The van der Waals surface area contributed by atoms with Gasteiger partial charge in [0.05, 0.1) is 13.7 Å². The van der Waals surface area contributed by atoms with E-state index in [9.17, 15) is 0 Å². The summed E-state index contributed by atoms with van der Waals surface area (Å²) in [6.45, 7) is 3.40. The average molecular weight is 195 g/mol. The standard InChI is InChI=1S/C11H17NO2/c1-4-14-11-9(8-12-2)6-5-7-10(11)13-3/h5-7,12H,4,8H2,1-3H3. The summed E-state index contributed by atoms with van der Waals surface area (Å²) in [5.41, 5.74) is 1.12. The molecule has 3 nitrogen and oxygen atoms in total. The molecule has 0 aliphatic heterocycles. The molecule has 0 radical (unpaired) electrons. The highest BCUT2D eigenvalue weighted by atomic mass is 16.5. The highest BCUT2D eigenvalue weighted by Crippen LogP contribution is 2.30. The molecule has 0 aromatic heterocycles. The Morgan fingerprint density at radius 1 is 1.36 bits per heavy atom. The second kappa shape index (κ2) is 5.50. The van der Waals surface area contributed by atoms with Crippen molar-refractivity contribution in [1.82, 2.24) is 5.32 Å². The molecule has 0 saturated carbocycles. The molecule has 0 saturated heterocycles. The maximum absolute atomic E-state index is 5.55. The van der Waals surface area contributed by atoms with Gasteiger partial charge in [0.15, 0.2) is 11.5 Å². The molecule has 3 heteroatoms. The number of benzene rings is 1. The molecular weight excluding hydrogens is 178 g/mol. The van der Waals surface area contributed by atoms with Gasteiger partial charge >= 0.3 is 0 Å². The van der Waals surface area contributed by atoms with E-state index in [-0.39, 0.29) is 0 Å². The van der Waals surface area contributed by atoms with Crippen molar-refractivity contribution >= 4 is 0 Å². The van der Waals surface area contributed by atoms with Crippen LogP contribution in [0, 0.1) is 0 Å². The van der Waals surface area contributed by atoms with Gasteiger partial charge in [0.2, 0.25) is 0 Å². The van der Waals surface area contributed by atoms with Gasteiger partial charge in [-0.3, -0.25) is 0 Å². The summed E-state index contributed by atoms with van der Waals surface area (Å²) in [6, 6.07) is 5.90. The van der Waals surface area contributed by atoms with Crippen LogP contribution in [0.5, 0.6) is 11.5 Å². The molecule has 0 fully saturated rings. The third-order valence-electron chi connectivity index (χ3n) is 1.94. The van der Waals surface area contributed by atoms with Crippen LogP contribution < -0.4 is 14.8 Å². The number of para-hydroxylation sites is 1. The molecule has 1 rings (SSSR count). The molecule has 0 unspecified atom stereocenters. The summed E-state index contributed by atoms with van der Waals surface area (Å²) in [4.78, 5) is 0. The predicted octanol–water partition coefficient (Wildman–Crippen LogP) is 1.81. The second-order valence-electron chi connectivity index (χ2n) is 2.91. The first-order valence-electron chi connectivity index (χ1n) is 4.76. The molecule has 1 N–H and O–H groups in total. The van der Waals surface area contributed by atoms with E-state index in [2.05, 4.69) is 5.32 Å². The summed E-state index contributed by atoms with van der Waals surface area (Å²) in [6.07, 6.45) is 0. The summed E-state index contributed by atoms with van der Waals surface area (Å²) in [7, 11) is 3.57. The van der Waals surface area contributed by atoms with Crippen molar-refractivity contribution in [3.05, 3.63) is 23.8 Å². The van der Waals surface area contributed by atoms with Crippen LogP contribution in [0.3, 0.4) is 0 Å². The minimum Gasteiger partial charge on any atom is -0.493 e. The minimum absolute atomic E-state index is 0.650. The van der Waals surface area contributed by atoms with E-state index in [4.69, 9.17) is 9.47 Å². The van der Waals surface area contributed by atoms with Crippen LogP contribution in [-0.2, 0) is 6.54 Å². The van der Waals surface area contributed by atoms with Crippen molar-refractivity contribution in [1.29, 1.82) is 0 Å². The minimum atomic E-state index is 0.650. The lowest BCUT2D eigenvalue weighted by molar-refractivity contribution is 0.307. The van der Waals surface area contributed by atoms with Gasteiger partial charge in [-0.2, -0.15) is 0 Å². The van der Waals surface area contributed by atoms with Crippen molar-refractivity contribution in [2.24, 2.45) is 0 Å². The Kier molecular flexibility index (Phi) is 4.26. The smallest absolute Gasteiger partial charge is 0.165 e. The lowest BCUT2D eigenvalue weighted by Gasteiger charge is -2.13. The zero-order valence-corrected chi connectivity index (χ0v) is 8.96. The van der Waals surface area contributed by atoms with Crippen LogP contribution in [0.25, 0.3) is 0 Å². The second-order valence-corrected chi connectivity index (χ2v) is 2.91. The lowest BCUT2D eigenvalue weighted by Crippen LogP contribution is -2.08. The number of hydrogen-bond donors (Lipinski definition) is 1. The monoisotopic (exact) mass is 195 g/mol. The van der Waals surface area contributed by atoms with E-state index in [0.29, 0.717) is 6.61 Å². The zero-order valence-electron chi connectivity index (χ0n) is 8.96. The molecular formula is C11H17NO2. The number of rotatable bonds is 5. The summed E-state index contributed by atoms with van der Waals surface area (Å²) < 4.78 is 10.8. The zero-order chi connectivity index (χ0) is 10.4. The molecule has 0 spiro atoms. The Balaban J connectivity index is 3.00. The summed E-state index contributed by atoms with van der Waals surface area (Å²) >= 11 is 0. The summed E-state index contributed by atoms with van der Waals surface area (Å²) in [5.74, 6) is 1.63. The third-order valence-corrected chi connectivity index (χ3v) is 1.94. The molecule has 78 valence electrons. The quantitative estimate of drug-likeness (QED) is 0.777. The fourth-order valence-electron chi connectivity index (χ4n) is 1.36. The normalized spacial score (nSPS) is 9.93. The van der Waals surface area contributed by atoms with Gasteiger partial charge in [-0.25, -0.2) is 0 Å². The molecule has 0 bridgehead atoms. The number of hydrogen-bond acceptors (Lipinski definition) is 3. The lowest BCUT2D eigenvalue weighted by atomic mass is 10.2. The van der Waals surface area contributed by atoms with Gasteiger partial charge in [-0.15, -0.1) is 0 Å². The molecule has 14 heavy (non-hydrogen) atoms. The van der Waals surface area contributed by atoms with E-state index < -0.39 is 0 Å². The van der Waals surface area contributed by atoms with Gasteiger partial charge in [-0.1, -0.05) is 12.1 Å². The van der Waals surface area contributed by atoms with Gasteiger partial charge in [-0.05, 0) is 20.0 Å². The predicted molar refractivity (Wildman–Crippen MR) is 56.9 cm³/mol. The molecule has 0 aliphatic rings. The first-order chi connectivity index (χ1) is 6.83. The van der Waals surface area contributed by atoms with E-state index in [0.717, 1.165) is 23.6 Å². The Morgan fingerprint density at radius 2 is 2.14 bits per heavy atom. The van der Waals surface area contributed by atoms with Gasteiger partial charge in [0, 0.05) is 12.1 Å². The van der Waals surface area contributed by atoms with Crippen molar-refractivity contribution in [2.45, 2.75) is 13.5 Å². The fraction of sp³-hybridized carbons (Fsp3) is 0.455. The highest BCUT2D eigenvalue weighted by molar-refractivity contribution is 5.46. The topological polar surface area (TPSA) is 30.5 Å². The maximum Gasteiger partial charge on any atom is 0.165 e. The van der Waals surface area contributed by atoms with Crippen LogP contribution in [0.1, 0.15) is 12.5 Å². The first-order valence-corrected chi connectivity index (χ1v) is 4.76. The third kappa shape index (κ3) is 2.39. The average Bonchev–Trinajstić information content (AvgIpc) is 2.21. The summed E-state index contributed by atoms with van der Waals surface area (Å²) in [5, 5.41) is 3.10. The largest absolute Gasteiger partial charge is 0.493 e. The van der Waals surface area contributed by atoms with Crippen LogP contribution in [0.4, 0.5) is 0 Å². The van der Waals surface area contributed by atoms with E-state index in [1.807, 2.05) is 32.2 Å². The molecule has 1 aromatic rings. The molecule has 0 amide bonds. The first kappa shape index (κ1) is 10.9.